The highest BCUT2D eigenvalue weighted by Gasteiger charge is 2.17. The van der Waals surface area contributed by atoms with Crippen LogP contribution in [0.25, 0.3) is 0 Å². The van der Waals surface area contributed by atoms with Crippen LogP contribution in [0.2, 0.25) is 0 Å². The molecule has 0 aliphatic rings. The quantitative estimate of drug-likeness (QED) is 0.498. The molecule has 18 heavy (non-hydrogen) atoms. The lowest BCUT2D eigenvalue weighted by Crippen LogP contribution is -2.17. The Morgan fingerprint density at radius 1 is 1.39 bits per heavy atom. The molecule has 0 aromatic carbocycles. The maximum Gasteiger partial charge on any atom is 0.309 e. The van der Waals surface area contributed by atoms with Crippen LogP contribution in [0.5, 0.6) is 0 Å². The van der Waals surface area contributed by atoms with E-state index in [0.29, 0.717) is 6.61 Å². The van der Waals surface area contributed by atoms with E-state index in [9.17, 15) is 4.79 Å². The standard InChI is InChI=1S/C14H23NO2S/c1-3-5-6-7-8-12(4-2)14(16)17-9-13-10-18-11-15-13/h10-12H,3-9H2,1-2H3. The minimum absolute atomic E-state index is 0.0560. The van der Waals surface area contributed by atoms with Gasteiger partial charge in [-0.15, -0.1) is 11.3 Å². The number of hydrogen-bond donors (Lipinski definition) is 0. The predicted molar refractivity (Wildman–Crippen MR) is 74.5 cm³/mol. The number of carbonyl (C=O) groups excluding carboxylic acids is 1. The van der Waals surface area contributed by atoms with E-state index >= 15 is 0 Å². The largest absolute Gasteiger partial charge is 0.459 e. The number of ether oxygens (including phenoxy) is 1. The van der Waals surface area contributed by atoms with Crippen molar-refractivity contribution >= 4 is 17.3 Å². The number of nitrogens with zero attached hydrogens (tertiary/aromatic N) is 1. The van der Waals surface area contributed by atoms with Crippen LogP contribution in [0.15, 0.2) is 10.9 Å². The first-order valence-corrected chi connectivity index (χ1v) is 7.75. The zero-order chi connectivity index (χ0) is 13.2. The van der Waals surface area contributed by atoms with E-state index in [1.54, 1.807) is 5.51 Å². The fraction of sp³-hybridized carbons (Fsp3) is 0.714. The van der Waals surface area contributed by atoms with E-state index in [1.165, 1.54) is 30.6 Å². The van der Waals surface area contributed by atoms with Crippen LogP contribution in [0.1, 0.15) is 58.1 Å². The summed E-state index contributed by atoms with van der Waals surface area (Å²) in [7, 11) is 0. The predicted octanol–water partition coefficient (Wildman–Crippen LogP) is 4.18. The van der Waals surface area contributed by atoms with Crippen molar-refractivity contribution < 1.29 is 9.53 Å². The van der Waals surface area contributed by atoms with Crippen LogP contribution in [-0.4, -0.2) is 11.0 Å². The van der Waals surface area contributed by atoms with Gasteiger partial charge in [0.05, 0.1) is 17.1 Å². The van der Waals surface area contributed by atoms with E-state index < -0.39 is 0 Å². The Balaban J connectivity index is 2.23. The summed E-state index contributed by atoms with van der Waals surface area (Å²) in [6.07, 6.45) is 6.63. The first-order valence-electron chi connectivity index (χ1n) is 6.81. The molecule has 0 bridgehead atoms. The lowest BCUT2D eigenvalue weighted by molar-refractivity contribution is -0.150. The molecule has 1 aromatic rings. The average molecular weight is 269 g/mol. The van der Waals surface area contributed by atoms with Gasteiger partial charge in [0.1, 0.15) is 6.61 Å². The molecule has 4 heteroatoms. The fourth-order valence-electron chi connectivity index (χ4n) is 1.88. The molecule has 102 valence electrons. The second-order valence-electron chi connectivity index (χ2n) is 4.54. The van der Waals surface area contributed by atoms with Crippen LogP contribution < -0.4 is 0 Å². The van der Waals surface area contributed by atoms with Crippen molar-refractivity contribution in [1.29, 1.82) is 0 Å². The molecule has 0 saturated heterocycles. The number of hydrogen-bond acceptors (Lipinski definition) is 4. The van der Waals surface area contributed by atoms with Crippen molar-refractivity contribution in [2.45, 2.75) is 59.0 Å². The van der Waals surface area contributed by atoms with Gasteiger partial charge in [0.25, 0.3) is 0 Å². The molecule has 3 nitrogen and oxygen atoms in total. The molecule has 0 fully saturated rings. The smallest absolute Gasteiger partial charge is 0.309 e. The number of unbranched alkanes of at least 4 members (excludes halogenated alkanes) is 3. The minimum atomic E-state index is -0.0676. The number of esters is 1. The number of thiazole rings is 1. The van der Waals surface area contributed by atoms with Crippen molar-refractivity contribution in [1.82, 2.24) is 4.98 Å². The second kappa shape index (κ2) is 9.09. The normalized spacial score (nSPS) is 12.3. The highest BCUT2D eigenvalue weighted by Crippen LogP contribution is 2.16. The highest BCUT2D eigenvalue weighted by molar-refractivity contribution is 7.07. The Morgan fingerprint density at radius 3 is 2.83 bits per heavy atom. The molecule has 0 spiro atoms. The molecular weight excluding hydrogens is 246 g/mol. The van der Waals surface area contributed by atoms with E-state index in [1.807, 2.05) is 5.38 Å². The van der Waals surface area contributed by atoms with Crippen LogP contribution in [-0.2, 0) is 16.1 Å². The monoisotopic (exact) mass is 269 g/mol. The lowest BCUT2D eigenvalue weighted by Gasteiger charge is -2.13. The first kappa shape index (κ1) is 15.2. The summed E-state index contributed by atoms with van der Waals surface area (Å²) in [4.78, 5) is 16.0. The Bertz CT molecular complexity index is 325. The van der Waals surface area contributed by atoms with Crippen molar-refractivity contribution in [2.24, 2.45) is 5.92 Å². The van der Waals surface area contributed by atoms with Crippen molar-refractivity contribution in [2.75, 3.05) is 0 Å². The van der Waals surface area contributed by atoms with Crippen LogP contribution >= 0.6 is 11.3 Å². The second-order valence-corrected chi connectivity index (χ2v) is 5.26. The average Bonchev–Trinajstić information content (AvgIpc) is 2.89. The maximum atomic E-state index is 11.9. The topological polar surface area (TPSA) is 39.2 Å². The van der Waals surface area contributed by atoms with Gasteiger partial charge in [-0.1, -0.05) is 39.5 Å². The molecule has 1 aromatic heterocycles. The minimum Gasteiger partial charge on any atom is -0.459 e. The zero-order valence-corrected chi connectivity index (χ0v) is 12.2. The third-order valence-electron chi connectivity index (χ3n) is 3.08. The molecule has 0 aliphatic carbocycles. The molecule has 1 atom stereocenters. The van der Waals surface area contributed by atoms with Crippen molar-refractivity contribution in [3.05, 3.63) is 16.6 Å². The Labute approximate surface area is 114 Å². The first-order chi connectivity index (χ1) is 8.77. The molecule has 1 rings (SSSR count). The zero-order valence-electron chi connectivity index (χ0n) is 11.4. The number of carbonyl (C=O) groups is 1. The summed E-state index contributed by atoms with van der Waals surface area (Å²) in [6.45, 7) is 4.56. The fourth-order valence-corrected chi connectivity index (χ4v) is 2.42. The van der Waals surface area contributed by atoms with Gasteiger partial charge in [-0.2, -0.15) is 0 Å². The molecule has 0 radical (unpaired) electrons. The van der Waals surface area contributed by atoms with Gasteiger partial charge < -0.3 is 4.74 Å². The van der Waals surface area contributed by atoms with Gasteiger partial charge >= 0.3 is 5.97 Å². The highest BCUT2D eigenvalue weighted by atomic mass is 32.1. The molecule has 0 aliphatic heterocycles. The van der Waals surface area contributed by atoms with Crippen LogP contribution in [0, 0.1) is 5.92 Å². The van der Waals surface area contributed by atoms with Gasteiger partial charge in [0.15, 0.2) is 0 Å². The third kappa shape index (κ3) is 5.63. The summed E-state index contributed by atoms with van der Waals surface area (Å²) in [5.74, 6) is -0.0116. The van der Waals surface area contributed by atoms with Gasteiger partial charge in [0.2, 0.25) is 0 Å². The van der Waals surface area contributed by atoms with Gasteiger partial charge in [0, 0.05) is 5.38 Å². The Hall–Kier alpha value is -0.900. The van der Waals surface area contributed by atoms with E-state index in [4.69, 9.17) is 4.74 Å². The van der Waals surface area contributed by atoms with E-state index in [-0.39, 0.29) is 11.9 Å². The van der Waals surface area contributed by atoms with Crippen LogP contribution in [0.3, 0.4) is 0 Å². The number of aromatic nitrogens is 1. The molecule has 0 saturated carbocycles. The van der Waals surface area contributed by atoms with Crippen LogP contribution in [0.4, 0.5) is 0 Å². The van der Waals surface area contributed by atoms with Gasteiger partial charge in [-0.05, 0) is 12.8 Å². The Morgan fingerprint density at radius 2 is 2.22 bits per heavy atom. The molecule has 1 heterocycles. The summed E-state index contributed by atoms with van der Waals surface area (Å²) in [5.41, 5.74) is 2.60. The third-order valence-corrected chi connectivity index (χ3v) is 3.71. The van der Waals surface area contributed by atoms with Gasteiger partial charge in [-0.25, -0.2) is 4.98 Å². The van der Waals surface area contributed by atoms with E-state index in [0.717, 1.165) is 25.0 Å². The van der Waals surface area contributed by atoms with Gasteiger partial charge in [-0.3, -0.25) is 4.79 Å². The summed E-state index contributed by atoms with van der Waals surface area (Å²) < 4.78 is 5.30. The molecule has 1 unspecified atom stereocenters. The summed E-state index contributed by atoms with van der Waals surface area (Å²) in [5, 5.41) is 1.91. The Kier molecular flexibility index (Phi) is 7.65. The SMILES string of the molecule is CCCCCCC(CC)C(=O)OCc1cscn1. The maximum absolute atomic E-state index is 11.9. The number of rotatable bonds is 9. The van der Waals surface area contributed by atoms with E-state index in [2.05, 4.69) is 18.8 Å². The molecule has 0 amide bonds. The molecule has 0 N–H and O–H groups in total. The summed E-state index contributed by atoms with van der Waals surface area (Å²) >= 11 is 1.52. The van der Waals surface area contributed by atoms with Crippen molar-refractivity contribution in [3.8, 4) is 0 Å². The lowest BCUT2D eigenvalue weighted by atomic mass is 9.98. The van der Waals surface area contributed by atoms with Crippen molar-refractivity contribution in [3.63, 3.8) is 0 Å². The molecular formula is C14H23NO2S. The summed E-state index contributed by atoms with van der Waals surface area (Å²) in [6, 6.07) is 0.